The summed E-state index contributed by atoms with van der Waals surface area (Å²) in [6.07, 6.45) is 0. The van der Waals surface area contributed by atoms with Gasteiger partial charge in [0.25, 0.3) is 5.91 Å². The summed E-state index contributed by atoms with van der Waals surface area (Å²) in [7, 11) is 2.18. The van der Waals surface area contributed by atoms with Crippen LogP contribution in [-0.4, -0.2) is 20.0 Å². The number of rotatable bonds is 2. The molecule has 0 fully saturated rings. The summed E-state index contributed by atoms with van der Waals surface area (Å²) in [5.74, 6) is -7.99. The molecule has 0 atom stereocenters. The maximum absolute atomic E-state index is 13.2. The fourth-order valence-corrected chi connectivity index (χ4v) is 1.18. The third-order valence-electron chi connectivity index (χ3n) is 1.97. The van der Waals surface area contributed by atoms with E-state index in [1.807, 2.05) is 10.6 Å². The minimum atomic E-state index is -1.73. The summed E-state index contributed by atoms with van der Waals surface area (Å²) in [5.41, 5.74) is -2.24. The Morgan fingerprint density at radius 2 is 1.38 bits per heavy atom. The third-order valence-corrected chi connectivity index (χ3v) is 1.97. The molecule has 0 aliphatic heterocycles. The average Bonchev–Trinajstić information content (AvgIpc) is 2.27. The summed E-state index contributed by atoms with van der Waals surface area (Å²) in [6.45, 7) is 0. The SMILES string of the molecule is CNC(=O)c1c(F)c(F)c(NC)c(F)c1F. The molecule has 0 saturated carbocycles. The van der Waals surface area contributed by atoms with Crippen molar-refractivity contribution in [3.63, 3.8) is 0 Å². The molecule has 7 heteroatoms. The molecule has 0 aromatic heterocycles. The maximum atomic E-state index is 13.2. The zero-order valence-electron chi connectivity index (χ0n) is 8.42. The quantitative estimate of drug-likeness (QED) is 0.605. The Kier molecular flexibility index (Phi) is 3.36. The molecule has 1 amide bonds. The minimum Gasteiger partial charge on any atom is -0.383 e. The molecule has 3 nitrogen and oxygen atoms in total. The first-order chi connectivity index (χ1) is 7.45. The molecule has 0 aliphatic carbocycles. The van der Waals surface area contributed by atoms with E-state index in [-0.39, 0.29) is 0 Å². The fraction of sp³-hybridized carbons (Fsp3) is 0.222. The van der Waals surface area contributed by atoms with Crippen LogP contribution in [0.2, 0.25) is 0 Å². The van der Waals surface area contributed by atoms with Gasteiger partial charge in [0.1, 0.15) is 11.3 Å². The highest BCUT2D eigenvalue weighted by Gasteiger charge is 2.28. The average molecular weight is 236 g/mol. The number of hydrogen-bond donors (Lipinski definition) is 2. The lowest BCUT2D eigenvalue weighted by Crippen LogP contribution is -2.23. The molecular formula is C9H8F4N2O. The highest BCUT2D eigenvalue weighted by molar-refractivity contribution is 5.95. The topological polar surface area (TPSA) is 41.1 Å². The number of hydrogen-bond acceptors (Lipinski definition) is 2. The second-order valence-electron chi connectivity index (χ2n) is 2.84. The zero-order chi connectivity index (χ0) is 12.5. The first-order valence-electron chi connectivity index (χ1n) is 4.21. The number of amides is 1. The van der Waals surface area contributed by atoms with E-state index in [2.05, 4.69) is 0 Å². The molecule has 1 aromatic carbocycles. The smallest absolute Gasteiger partial charge is 0.257 e. The van der Waals surface area contributed by atoms with Gasteiger partial charge in [0.05, 0.1) is 0 Å². The molecule has 0 heterocycles. The Morgan fingerprint density at radius 3 is 1.69 bits per heavy atom. The molecule has 1 rings (SSSR count). The summed E-state index contributed by atoms with van der Waals surface area (Å²) in [5, 5.41) is 3.85. The number of anilines is 1. The molecule has 0 saturated heterocycles. The van der Waals surface area contributed by atoms with Gasteiger partial charge in [0, 0.05) is 14.1 Å². The molecule has 0 unspecified atom stereocenters. The van der Waals surface area contributed by atoms with E-state index in [1.54, 1.807) is 0 Å². The highest BCUT2D eigenvalue weighted by Crippen LogP contribution is 2.27. The van der Waals surface area contributed by atoms with Crippen molar-refractivity contribution in [1.82, 2.24) is 5.32 Å². The van der Waals surface area contributed by atoms with Crippen LogP contribution in [0, 0.1) is 23.3 Å². The third kappa shape index (κ3) is 1.68. The van der Waals surface area contributed by atoms with Crippen molar-refractivity contribution in [2.24, 2.45) is 0 Å². The lowest BCUT2D eigenvalue weighted by Gasteiger charge is -2.10. The van der Waals surface area contributed by atoms with Gasteiger partial charge >= 0.3 is 0 Å². The lowest BCUT2D eigenvalue weighted by molar-refractivity contribution is 0.0952. The number of halogens is 4. The molecule has 0 radical (unpaired) electrons. The molecule has 0 bridgehead atoms. The van der Waals surface area contributed by atoms with E-state index in [0.717, 1.165) is 14.1 Å². The molecule has 0 aliphatic rings. The monoisotopic (exact) mass is 236 g/mol. The Hall–Kier alpha value is -1.79. The zero-order valence-corrected chi connectivity index (χ0v) is 8.42. The van der Waals surface area contributed by atoms with Gasteiger partial charge in [-0.05, 0) is 0 Å². The Bertz CT molecular complexity index is 419. The first kappa shape index (κ1) is 12.3. The van der Waals surface area contributed by atoms with Crippen molar-refractivity contribution < 1.29 is 22.4 Å². The summed E-state index contributed by atoms with van der Waals surface area (Å²) in [6, 6.07) is 0. The van der Waals surface area contributed by atoms with Crippen LogP contribution in [-0.2, 0) is 0 Å². The van der Waals surface area contributed by atoms with E-state index in [9.17, 15) is 22.4 Å². The van der Waals surface area contributed by atoms with Gasteiger partial charge in [-0.3, -0.25) is 4.79 Å². The summed E-state index contributed by atoms with van der Waals surface area (Å²) < 4.78 is 52.8. The van der Waals surface area contributed by atoms with Gasteiger partial charge in [0.2, 0.25) is 0 Å². The highest BCUT2D eigenvalue weighted by atomic mass is 19.2. The Balaban J connectivity index is 3.60. The van der Waals surface area contributed by atoms with Gasteiger partial charge in [0.15, 0.2) is 23.3 Å². The Morgan fingerprint density at radius 1 is 0.938 bits per heavy atom. The van der Waals surface area contributed by atoms with Crippen molar-refractivity contribution in [3.8, 4) is 0 Å². The molecule has 1 aromatic rings. The van der Waals surface area contributed by atoms with Crippen LogP contribution in [0.5, 0.6) is 0 Å². The van der Waals surface area contributed by atoms with E-state index < -0.39 is 40.4 Å². The number of carbonyl (C=O) groups is 1. The van der Waals surface area contributed by atoms with Crippen molar-refractivity contribution >= 4 is 11.6 Å². The minimum absolute atomic E-state index is 0.956. The van der Waals surface area contributed by atoms with Gasteiger partial charge in [-0.25, -0.2) is 17.6 Å². The second-order valence-corrected chi connectivity index (χ2v) is 2.84. The number of nitrogens with one attached hydrogen (secondary N) is 2. The van der Waals surface area contributed by atoms with E-state index >= 15 is 0 Å². The van der Waals surface area contributed by atoms with Crippen LogP contribution < -0.4 is 10.6 Å². The molecule has 88 valence electrons. The largest absolute Gasteiger partial charge is 0.383 e. The van der Waals surface area contributed by atoms with Gasteiger partial charge < -0.3 is 10.6 Å². The number of carbonyl (C=O) groups excluding carboxylic acids is 1. The van der Waals surface area contributed by atoms with Crippen molar-refractivity contribution in [1.29, 1.82) is 0 Å². The van der Waals surface area contributed by atoms with Crippen LogP contribution in [0.1, 0.15) is 10.4 Å². The molecule has 2 N–H and O–H groups in total. The number of benzene rings is 1. The van der Waals surface area contributed by atoms with Crippen LogP contribution in [0.4, 0.5) is 23.2 Å². The van der Waals surface area contributed by atoms with Crippen LogP contribution in [0.25, 0.3) is 0 Å². The Labute approximate surface area is 88.4 Å². The lowest BCUT2D eigenvalue weighted by atomic mass is 10.1. The van der Waals surface area contributed by atoms with Crippen LogP contribution in [0.3, 0.4) is 0 Å². The summed E-state index contributed by atoms with van der Waals surface area (Å²) in [4.78, 5) is 11.0. The van der Waals surface area contributed by atoms with Crippen LogP contribution in [0.15, 0.2) is 0 Å². The second kappa shape index (κ2) is 4.38. The van der Waals surface area contributed by atoms with Crippen molar-refractivity contribution in [3.05, 3.63) is 28.8 Å². The maximum Gasteiger partial charge on any atom is 0.257 e. The standard InChI is InChI=1S/C9H8F4N2O/c1-14-8-6(12)4(10)3(9(16)15-2)5(11)7(8)13/h14H,1-2H3,(H,15,16). The van der Waals surface area contributed by atoms with E-state index in [1.165, 1.54) is 0 Å². The van der Waals surface area contributed by atoms with Crippen molar-refractivity contribution in [2.45, 2.75) is 0 Å². The van der Waals surface area contributed by atoms with Gasteiger partial charge in [-0.1, -0.05) is 0 Å². The predicted molar refractivity (Wildman–Crippen MR) is 49.2 cm³/mol. The van der Waals surface area contributed by atoms with E-state index in [0.29, 0.717) is 0 Å². The predicted octanol–water partition coefficient (Wildman–Crippen LogP) is 1.64. The normalized spacial score (nSPS) is 10.1. The van der Waals surface area contributed by atoms with Gasteiger partial charge in [-0.2, -0.15) is 0 Å². The fourth-order valence-electron chi connectivity index (χ4n) is 1.18. The molecule has 0 spiro atoms. The molecular weight excluding hydrogens is 228 g/mol. The first-order valence-corrected chi connectivity index (χ1v) is 4.21. The molecule has 16 heavy (non-hydrogen) atoms. The van der Waals surface area contributed by atoms with Crippen molar-refractivity contribution in [2.75, 3.05) is 19.4 Å². The van der Waals surface area contributed by atoms with Crippen LogP contribution >= 0.6 is 0 Å². The van der Waals surface area contributed by atoms with E-state index in [4.69, 9.17) is 0 Å². The van der Waals surface area contributed by atoms with Gasteiger partial charge in [-0.15, -0.1) is 0 Å². The summed E-state index contributed by atoms with van der Waals surface area (Å²) >= 11 is 0.